The molecule has 0 heterocycles. The second kappa shape index (κ2) is 6.21. The second-order valence-electron chi connectivity index (χ2n) is 7.90. The van der Waals surface area contributed by atoms with Crippen LogP contribution in [0.3, 0.4) is 0 Å². The highest BCUT2D eigenvalue weighted by molar-refractivity contribution is 6.58. The van der Waals surface area contributed by atoms with Gasteiger partial charge in [-0.25, -0.2) is 0 Å². The third-order valence-electron chi connectivity index (χ3n) is 5.91. The van der Waals surface area contributed by atoms with E-state index in [9.17, 15) is 0 Å². The molecule has 0 nitrogen and oxygen atoms in total. The Labute approximate surface area is 162 Å². The van der Waals surface area contributed by atoms with Gasteiger partial charge in [0.2, 0.25) is 0 Å². The molecule has 0 aromatic heterocycles. The van der Waals surface area contributed by atoms with Crippen molar-refractivity contribution in [3.05, 3.63) is 89.5 Å². The molecule has 27 heavy (non-hydrogen) atoms. The number of benzene rings is 4. The van der Waals surface area contributed by atoms with Crippen LogP contribution in [0, 0.1) is 0 Å². The SMILES string of the molecule is CC1=Cc2c(-c3cc4ccccc4c4ccccc34)cccc2C1[Si](C)C. The van der Waals surface area contributed by atoms with E-state index in [0.717, 1.165) is 0 Å². The lowest BCUT2D eigenvalue weighted by molar-refractivity contribution is 1.10. The monoisotopic (exact) mass is 363 g/mol. The first-order valence-corrected chi connectivity index (χ1v) is 12.2. The fraction of sp³-hybridized carbons (Fsp3) is 0.154. The fourth-order valence-corrected chi connectivity index (χ4v) is 6.70. The van der Waals surface area contributed by atoms with E-state index in [-0.39, 0.29) is 0 Å². The van der Waals surface area contributed by atoms with Gasteiger partial charge in [-0.15, -0.1) is 0 Å². The van der Waals surface area contributed by atoms with Crippen LogP contribution in [-0.4, -0.2) is 8.80 Å². The maximum Gasteiger partial charge on any atom is 0.0551 e. The zero-order valence-corrected chi connectivity index (χ0v) is 17.1. The lowest BCUT2D eigenvalue weighted by atomic mass is 9.90. The quantitative estimate of drug-likeness (QED) is 0.256. The summed E-state index contributed by atoms with van der Waals surface area (Å²) < 4.78 is 0. The molecule has 0 N–H and O–H groups in total. The first-order valence-electron chi connectivity index (χ1n) is 9.67. The molecule has 1 aliphatic rings. The Balaban J connectivity index is 1.86. The average molecular weight is 364 g/mol. The van der Waals surface area contributed by atoms with Crippen molar-refractivity contribution in [3.63, 3.8) is 0 Å². The number of fused-ring (bicyclic) bond motifs is 4. The van der Waals surface area contributed by atoms with Gasteiger partial charge in [-0.05, 0) is 62.3 Å². The fourth-order valence-electron chi connectivity index (χ4n) is 4.83. The summed E-state index contributed by atoms with van der Waals surface area (Å²) in [7, 11) is -0.415. The van der Waals surface area contributed by atoms with Crippen molar-refractivity contribution >= 4 is 36.4 Å². The van der Waals surface area contributed by atoms with Crippen molar-refractivity contribution in [2.24, 2.45) is 0 Å². The largest absolute Gasteiger partial charge is 0.0705 e. The maximum absolute atomic E-state index is 2.44. The van der Waals surface area contributed by atoms with Crippen LogP contribution in [0.15, 0.2) is 78.4 Å². The summed E-state index contributed by atoms with van der Waals surface area (Å²) in [6.07, 6.45) is 2.44. The van der Waals surface area contributed by atoms with E-state index in [0.29, 0.717) is 5.54 Å². The Morgan fingerprint density at radius 3 is 2.19 bits per heavy atom. The Morgan fingerprint density at radius 2 is 1.41 bits per heavy atom. The number of hydrogen-bond donors (Lipinski definition) is 0. The van der Waals surface area contributed by atoms with Gasteiger partial charge in [-0.2, -0.15) is 0 Å². The van der Waals surface area contributed by atoms with E-state index in [1.807, 2.05) is 0 Å². The zero-order valence-electron chi connectivity index (χ0n) is 16.1. The van der Waals surface area contributed by atoms with Crippen LogP contribution < -0.4 is 0 Å². The van der Waals surface area contributed by atoms with E-state index in [4.69, 9.17) is 0 Å². The molecule has 0 amide bonds. The minimum Gasteiger partial charge on any atom is -0.0705 e. The van der Waals surface area contributed by atoms with Crippen LogP contribution in [0.5, 0.6) is 0 Å². The number of hydrogen-bond acceptors (Lipinski definition) is 0. The zero-order chi connectivity index (χ0) is 18.5. The summed E-state index contributed by atoms with van der Waals surface area (Å²) in [5, 5.41) is 5.34. The predicted octanol–water partition coefficient (Wildman–Crippen LogP) is 7.45. The lowest BCUT2D eigenvalue weighted by Gasteiger charge is -2.19. The smallest absolute Gasteiger partial charge is 0.0551 e. The predicted molar refractivity (Wildman–Crippen MR) is 121 cm³/mol. The Hall–Kier alpha value is -2.64. The van der Waals surface area contributed by atoms with Gasteiger partial charge in [0.25, 0.3) is 0 Å². The van der Waals surface area contributed by atoms with Crippen molar-refractivity contribution in [2.75, 3.05) is 0 Å². The normalized spacial score (nSPS) is 16.1. The molecule has 4 aromatic carbocycles. The Bertz CT molecular complexity index is 1210. The van der Waals surface area contributed by atoms with Gasteiger partial charge in [-0.1, -0.05) is 91.5 Å². The van der Waals surface area contributed by atoms with Gasteiger partial charge in [0.05, 0.1) is 8.80 Å². The van der Waals surface area contributed by atoms with Gasteiger partial charge >= 0.3 is 0 Å². The summed E-state index contributed by atoms with van der Waals surface area (Å²) >= 11 is 0. The van der Waals surface area contributed by atoms with Gasteiger partial charge in [0.15, 0.2) is 0 Å². The van der Waals surface area contributed by atoms with Crippen LogP contribution in [0.25, 0.3) is 38.7 Å². The summed E-state index contributed by atoms with van der Waals surface area (Å²) in [6, 6.07) is 26.9. The molecule has 1 radical (unpaired) electrons. The highest BCUT2D eigenvalue weighted by atomic mass is 28.3. The summed E-state index contributed by atoms with van der Waals surface area (Å²) in [5.41, 5.74) is 7.86. The van der Waals surface area contributed by atoms with Crippen molar-refractivity contribution in [3.8, 4) is 11.1 Å². The molecular formula is C26H23Si. The van der Waals surface area contributed by atoms with E-state index < -0.39 is 8.80 Å². The third kappa shape index (κ3) is 2.49. The molecule has 1 unspecified atom stereocenters. The summed E-state index contributed by atoms with van der Waals surface area (Å²) in [6.45, 7) is 7.17. The number of allylic oxidation sites excluding steroid dienone is 1. The van der Waals surface area contributed by atoms with E-state index >= 15 is 0 Å². The van der Waals surface area contributed by atoms with Gasteiger partial charge < -0.3 is 0 Å². The minimum absolute atomic E-state index is 0.415. The highest BCUT2D eigenvalue weighted by Gasteiger charge is 2.28. The first kappa shape index (κ1) is 16.5. The molecule has 131 valence electrons. The van der Waals surface area contributed by atoms with Crippen molar-refractivity contribution in [1.29, 1.82) is 0 Å². The van der Waals surface area contributed by atoms with Crippen molar-refractivity contribution < 1.29 is 0 Å². The molecule has 1 atom stereocenters. The first-order chi connectivity index (χ1) is 13.1. The molecule has 0 aliphatic heterocycles. The molecule has 0 bridgehead atoms. The Morgan fingerprint density at radius 1 is 0.704 bits per heavy atom. The minimum atomic E-state index is -0.415. The summed E-state index contributed by atoms with van der Waals surface area (Å²) in [5.74, 6) is 0. The number of rotatable bonds is 2. The van der Waals surface area contributed by atoms with Crippen LogP contribution in [-0.2, 0) is 0 Å². The topological polar surface area (TPSA) is 0 Å². The van der Waals surface area contributed by atoms with Gasteiger partial charge in [0.1, 0.15) is 0 Å². The van der Waals surface area contributed by atoms with Crippen LogP contribution in [0.4, 0.5) is 0 Å². The lowest BCUT2D eigenvalue weighted by Crippen LogP contribution is -2.15. The van der Waals surface area contributed by atoms with E-state index in [1.54, 1.807) is 0 Å². The van der Waals surface area contributed by atoms with Crippen LogP contribution in [0.1, 0.15) is 23.6 Å². The molecule has 0 fully saturated rings. The van der Waals surface area contributed by atoms with E-state index in [2.05, 4.69) is 98.9 Å². The maximum atomic E-state index is 2.44. The van der Waals surface area contributed by atoms with Crippen molar-refractivity contribution in [2.45, 2.75) is 25.6 Å². The molecule has 0 saturated carbocycles. The average Bonchev–Trinajstić information content (AvgIpc) is 3.03. The summed E-state index contributed by atoms with van der Waals surface area (Å²) in [4.78, 5) is 0. The van der Waals surface area contributed by atoms with Gasteiger partial charge in [0, 0.05) is 0 Å². The molecule has 4 aromatic rings. The van der Waals surface area contributed by atoms with E-state index in [1.165, 1.54) is 49.4 Å². The molecule has 0 saturated heterocycles. The molecule has 5 rings (SSSR count). The van der Waals surface area contributed by atoms with Gasteiger partial charge in [-0.3, -0.25) is 0 Å². The third-order valence-corrected chi connectivity index (χ3v) is 7.83. The highest BCUT2D eigenvalue weighted by Crippen LogP contribution is 2.44. The van der Waals surface area contributed by atoms with Crippen molar-refractivity contribution in [1.82, 2.24) is 0 Å². The molecular weight excluding hydrogens is 340 g/mol. The Kier molecular flexibility index (Phi) is 3.80. The standard InChI is InChI=1S/C26H23Si/c1-17-15-24-22(13-8-14-23(24)26(17)27(2)3)25-16-18-9-4-5-10-19(18)20-11-6-7-12-21(20)25/h4-16,26H,1-3H3. The molecule has 1 aliphatic carbocycles. The van der Waals surface area contributed by atoms with Crippen LogP contribution >= 0.6 is 0 Å². The molecule has 0 spiro atoms. The van der Waals surface area contributed by atoms with Crippen LogP contribution in [0.2, 0.25) is 13.1 Å². The molecule has 1 heteroatoms. The second-order valence-corrected chi connectivity index (χ2v) is 10.6.